The van der Waals surface area contributed by atoms with Gasteiger partial charge in [0.25, 0.3) is 0 Å². The smallest absolute Gasteiger partial charge is 0.305 e. The highest BCUT2D eigenvalue weighted by Gasteiger charge is 2.32. The lowest BCUT2D eigenvalue weighted by molar-refractivity contribution is -0.102. The fourth-order valence-corrected chi connectivity index (χ4v) is 3.04. The molecule has 24 heavy (non-hydrogen) atoms. The minimum atomic E-state index is -1.75. The van der Waals surface area contributed by atoms with Gasteiger partial charge in [-0.25, -0.2) is 0 Å². The molecule has 1 fully saturated rings. The monoisotopic (exact) mass is 348 g/mol. The first-order chi connectivity index (χ1) is 11.8. The first-order valence-corrected chi connectivity index (χ1v) is 8.80. The lowest BCUT2D eigenvalue weighted by Crippen LogP contribution is -2.43. The molecule has 3 atom stereocenters. The van der Waals surface area contributed by atoms with Crippen molar-refractivity contribution in [3.05, 3.63) is 71.8 Å². The van der Waals surface area contributed by atoms with Gasteiger partial charge in [-0.15, -0.1) is 0 Å². The molecule has 0 saturated carbocycles. The average Bonchev–Trinajstić information content (AvgIpc) is 2.63. The summed E-state index contributed by atoms with van der Waals surface area (Å²) in [6.45, 7) is 1.43. The van der Waals surface area contributed by atoms with Gasteiger partial charge in [0.15, 0.2) is 0 Å². The van der Waals surface area contributed by atoms with E-state index in [1.807, 2.05) is 60.7 Å². The number of rotatable bonds is 7. The van der Waals surface area contributed by atoms with Crippen LogP contribution in [0.3, 0.4) is 0 Å². The van der Waals surface area contributed by atoms with E-state index in [9.17, 15) is 4.21 Å². The zero-order chi connectivity index (χ0) is 16.6. The lowest BCUT2D eigenvalue weighted by Gasteiger charge is -2.29. The first kappa shape index (κ1) is 17.3. The third-order valence-corrected chi connectivity index (χ3v) is 4.38. The number of benzene rings is 2. The van der Waals surface area contributed by atoms with Crippen LogP contribution in [0.15, 0.2) is 60.7 Å². The SMILES string of the molecule is O=[S@]1OC[C@@H](OCc2ccccc2)C(COCc2ccccc2)O1. The molecule has 5 nitrogen and oxygen atoms in total. The fraction of sp³-hybridized carbons (Fsp3) is 0.333. The van der Waals surface area contributed by atoms with Crippen molar-refractivity contribution in [1.29, 1.82) is 0 Å². The van der Waals surface area contributed by atoms with Gasteiger partial charge in [-0.05, 0) is 11.1 Å². The summed E-state index contributed by atoms with van der Waals surface area (Å²) in [5.74, 6) is 0. The van der Waals surface area contributed by atoms with Crippen LogP contribution in [-0.2, 0) is 42.4 Å². The van der Waals surface area contributed by atoms with Crippen molar-refractivity contribution in [1.82, 2.24) is 0 Å². The first-order valence-electron chi connectivity index (χ1n) is 7.80. The lowest BCUT2D eigenvalue weighted by atomic mass is 10.2. The van der Waals surface area contributed by atoms with Crippen LogP contribution in [0.2, 0.25) is 0 Å². The molecule has 0 bridgehead atoms. The fourth-order valence-electron chi connectivity index (χ4n) is 2.36. The van der Waals surface area contributed by atoms with Crippen LogP contribution < -0.4 is 0 Å². The van der Waals surface area contributed by atoms with Crippen LogP contribution in [0.5, 0.6) is 0 Å². The van der Waals surface area contributed by atoms with E-state index in [2.05, 4.69) is 0 Å². The molecule has 1 unspecified atom stereocenters. The summed E-state index contributed by atoms with van der Waals surface area (Å²) >= 11 is -1.75. The molecule has 2 aromatic rings. The molecule has 1 aliphatic heterocycles. The Hall–Kier alpha value is -1.57. The summed E-state index contributed by atoms with van der Waals surface area (Å²) in [7, 11) is 0. The van der Waals surface area contributed by atoms with E-state index in [1.54, 1.807) is 0 Å². The predicted molar refractivity (Wildman–Crippen MR) is 90.1 cm³/mol. The maximum absolute atomic E-state index is 11.5. The van der Waals surface area contributed by atoms with Crippen molar-refractivity contribution >= 4 is 11.4 Å². The second-order valence-corrected chi connectivity index (χ2v) is 6.30. The Morgan fingerprint density at radius 1 is 0.958 bits per heavy atom. The van der Waals surface area contributed by atoms with Crippen LogP contribution in [-0.4, -0.2) is 29.6 Å². The van der Waals surface area contributed by atoms with Gasteiger partial charge in [-0.3, -0.25) is 8.37 Å². The molecule has 128 valence electrons. The predicted octanol–water partition coefficient (Wildman–Crippen LogP) is 2.78. The van der Waals surface area contributed by atoms with Gasteiger partial charge in [0, 0.05) is 0 Å². The summed E-state index contributed by atoms with van der Waals surface area (Å²) in [5.41, 5.74) is 2.14. The quantitative estimate of drug-likeness (QED) is 0.770. The van der Waals surface area contributed by atoms with Crippen molar-refractivity contribution in [2.24, 2.45) is 0 Å². The summed E-state index contributed by atoms with van der Waals surface area (Å²) in [6, 6.07) is 19.7. The third-order valence-electron chi connectivity index (χ3n) is 3.65. The van der Waals surface area contributed by atoms with Crippen molar-refractivity contribution in [2.45, 2.75) is 25.4 Å². The summed E-state index contributed by atoms with van der Waals surface area (Å²) < 4.78 is 33.4. The summed E-state index contributed by atoms with van der Waals surface area (Å²) in [4.78, 5) is 0. The molecule has 0 amide bonds. The Labute approximate surface area is 144 Å². The zero-order valence-electron chi connectivity index (χ0n) is 13.2. The second kappa shape index (κ2) is 9.05. The second-order valence-electron chi connectivity index (χ2n) is 5.46. The highest BCUT2D eigenvalue weighted by Crippen LogP contribution is 2.17. The van der Waals surface area contributed by atoms with E-state index in [4.69, 9.17) is 17.8 Å². The van der Waals surface area contributed by atoms with Gasteiger partial charge in [0.2, 0.25) is 0 Å². The third kappa shape index (κ3) is 5.22. The van der Waals surface area contributed by atoms with Crippen molar-refractivity contribution in [3.63, 3.8) is 0 Å². The van der Waals surface area contributed by atoms with E-state index >= 15 is 0 Å². The molecule has 3 rings (SSSR count). The molecule has 0 radical (unpaired) electrons. The van der Waals surface area contributed by atoms with E-state index in [1.165, 1.54) is 0 Å². The Morgan fingerprint density at radius 2 is 1.58 bits per heavy atom. The van der Waals surface area contributed by atoms with Crippen molar-refractivity contribution < 1.29 is 22.0 Å². The normalized spacial score (nSPS) is 23.9. The highest BCUT2D eigenvalue weighted by molar-refractivity contribution is 7.75. The Kier molecular flexibility index (Phi) is 6.51. The summed E-state index contributed by atoms with van der Waals surface area (Å²) in [5, 5.41) is 0. The van der Waals surface area contributed by atoms with E-state index in [-0.39, 0.29) is 12.7 Å². The molecule has 1 heterocycles. The Morgan fingerprint density at radius 3 is 2.25 bits per heavy atom. The molecule has 0 N–H and O–H groups in total. The Balaban J connectivity index is 1.50. The maximum atomic E-state index is 11.5. The van der Waals surface area contributed by atoms with E-state index in [0.29, 0.717) is 19.8 Å². The molecule has 0 aliphatic carbocycles. The molecule has 6 heteroatoms. The van der Waals surface area contributed by atoms with Crippen LogP contribution in [0.4, 0.5) is 0 Å². The molecule has 0 spiro atoms. The molecular formula is C18H20O5S. The van der Waals surface area contributed by atoms with Gasteiger partial charge < -0.3 is 9.47 Å². The standard InChI is InChI=1S/C18H20O5S/c19-24-22-14-17(21-12-16-9-5-2-6-10-16)18(23-24)13-20-11-15-7-3-1-4-8-15/h1-10,17-18H,11-14H2/t17-,18?,24+/m1/s1. The molecule has 0 aromatic heterocycles. The number of hydrogen-bond donors (Lipinski definition) is 0. The summed E-state index contributed by atoms with van der Waals surface area (Å²) in [6.07, 6.45) is -0.745. The molecule has 1 aliphatic rings. The average molecular weight is 348 g/mol. The van der Waals surface area contributed by atoms with Gasteiger partial charge in [-0.2, -0.15) is 4.21 Å². The van der Waals surface area contributed by atoms with Gasteiger partial charge >= 0.3 is 11.4 Å². The minimum Gasteiger partial charge on any atom is -0.374 e. The van der Waals surface area contributed by atoms with Crippen LogP contribution in [0.25, 0.3) is 0 Å². The number of ether oxygens (including phenoxy) is 2. The maximum Gasteiger partial charge on any atom is 0.305 e. The van der Waals surface area contributed by atoms with Gasteiger partial charge in [0.1, 0.15) is 12.2 Å². The van der Waals surface area contributed by atoms with Crippen LogP contribution >= 0.6 is 0 Å². The van der Waals surface area contributed by atoms with Crippen molar-refractivity contribution in [2.75, 3.05) is 13.2 Å². The minimum absolute atomic E-state index is 0.221. The van der Waals surface area contributed by atoms with Crippen LogP contribution in [0, 0.1) is 0 Å². The van der Waals surface area contributed by atoms with Gasteiger partial charge in [-0.1, -0.05) is 60.7 Å². The van der Waals surface area contributed by atoms with Crippen LogP contribution in [0.1, 0.15) is 11.1 Å². The van der Waals surface area contributed by atoms with E-state index in [0.717, 1.165) is 11.1 Å². The Bertz CT molecular complexity index is 634. The van der Waals surface area contributed by atoms with Gasteiger partial charge in [0.05, 0.1) is 26.4 Å². The molecule has 2 aromatic carbocycles. The zero-order valence-corrected chi connectivity index (χ0v) is 14.0. The highest BCUT2D eigenvalue weighted by atomic mass is 32.2. The molecule has 1 saturated heterocycles. The van der Waals surface area contributed by atoms with Crippen molar-refractivity contribution in [3.8, 4) is 0 Å². The topological polar surface area (TPSA) is 54.0 Å². The van der Waals surface area contributed by atoms with E-state index < -0.39 is 17.5 Å². The largest absolute Gasteiger partial charge is 0.374 e. The number of hydrogen-bond acceptors (Lipinski definition) is 5. The molecular weight excluding hydrogens is 328 g/mol.